The fourth-order valence-electron chi connectivity index (χ4n) is 1.30. The van der Waals surface area contributed by atoms with Gasteiger partial charge >= 0.3 is 0 Å². The minimum Gasteiger partial charge on any atom is -0.323 e. The first-order valence-corrected chi connectivity index (χ1v) is 7.59. The van der Waals surface area contributed by atoms with Gasteiger partial charge in [0.15, 0.2) is 4.34 Å². The van der Waals surface area contributed by atoms with Crippen LogP contribution in [0.2, 0.25) is 5.02 Å². The van der Waals surface area contributed by atoms with Crippen molar-refractivity contribution in [3.63, 3.8) is 0 Å². The van der Waals surface area contributed by atoms with Gasteiger partial charge in [0.1, 0.15) is 5.82 Å². The average Bonchev–Trinajstić information content (AvgIpc) is 2.76. The molecule has 1 aromatic carbocycles. The molecular weight excluding hydrogens is 307 g/mol. The summed E-state index contributed by atoms with van der Waals surface area (Å²) in [5.41, 5.74) is 1.06. The van der Waals surface area contributed by atoms with Crippen LogP contribution in [0.3, 0.4) is 0 Å². The number of carbonyl (C=O) groups excluding carboxylic acids is 1. The van der Waals surface area contributed by atoms with Crippen LogP contribution in [0.1, 0.15) is 5.69 Å². The zero-order valence-electron chi connectivity index (χ0n) is 9.94. The van der Waals surface area contributed by atoms with Crippen LogP contribution in [0.4, 0.5) is 10.1 Å². The molecule has 1 N–H and O–H groups in total. The molecule has 0 aliphatic carbocycles. The monoisotopic (exact) mass is 316 g/mol. The number of hydrogen-bond donors (Lipinski definition) is 1. The standard InChI is InChI=1S/C12H10ClFN2OS2/c1-7-5-18-12(15-7)19-6-11(17)16-10-3-2-8(13)4-9(10)14/h2-5H,6H2,1H3,(H,16,17). The summed E-state index contributed by atoms with van der Waals surface area (Å²) in [4.78, 5) is 15.9. The number of thioether (sulfide) groups is 1. The average molecular weight is 317 g/mol. The lowest BCUT2D eigenvalue weighted by Gasteiger charge is -2.05. The third-order valence-electron chi connectivity index (χ3n) is 2.13. The number of rotatable bonds is 4. The quantitative estimate of drug-likeness (QED) is 0.868. The molecular formula is C12H10ClFN2OS2. The molecule has 0 saturated carbocycles. The summed E-state index contributed by atoms with van der Waals surface area (Å²) in [5.74, 6) is -0.635. The Labute approximate surface area is 123 Å². The maximum absolute atomic E-state index is 13.5. The first-order chi connectivity index (χ1) is 9.04. The third-order valence-corrected chi connectivity index (χ3v) is 4.50. The van der Waals surface area contributed by atoms with E-state index in [9.17, 15) is 9.18 Å². The summed E-state index contributed by atoms with van der Waals surface area (Å²) in [6.07, 6.45) is 0. The lowest BCUT2D eigenvalue weighted by Crippen LogP contribution is -2.14. The molecule has 3 nitrogen and oxygen atoms in total. The normalized spacial score (nSPS) is 10.5. The van der Waals surface area contributed by atoms with Gasteiger partial charge in [-0.2, -0.15) is 0 Å². The molecule has 7 heteroatoms. The summed E-state index contributed by atoms with van der Waals surface area (Å²) in [5, 5.41) is 4.71. The van der Waals surface area contributed by atoms with Gasteiger partial charge in [-0.25, -0.2) is 9.37 Å². The van der Waals surface area contributed by atoms with E-state index >= 15 is 0 Å². The predicted molar refractivity (Wildman–Crippen MR) is 77.6 cm³/mol. The molecule has 0 bridgehead atoms. The van der Waals surface area contributed by atoms with Crippen LogP contribution < -0.4 is 5.32 Å². The Bertz CT molecular complexity index is 603. The van der Waals surface area contributed by atoms with Crippen molar-refractivity contribution in [3.05, 3.63) is 40.1 Å². The Morgan fingerprint density at radius 1 is 1.58 bits per heavy atom. The van der Waals surface area contributed by atoms with E-state index in [0.29, 0.717) is 5.02 Å². The highest BCUT2D eigenvalue weighted by Crippen LogP contribution is 2.23. The van der Waals surface area contributed by atoms with Crippen LogP contribution in [-0.2, 0) is 4.79 Å². The number of anilines is 1. The minimum absolute atomic E-state index is 0.130. The van der Waals surface area contributed by atoms with Gasteiger partial charge in [0.05, 0.1) is 11.4 Å². The Morgan fingerprint density at radius 3 is 3.00 bits per heavy atom. The van der Waals surface area contributed by atoms with Gasteiger partial charge in [0.25, 0.3) is 0 Å². The molecule has 0 aliphatic rings. The number of carbonyl (C=O) groups is 1. The Kier molecular flexibility index (Phi) is 4.79. The lowest BCUT2D eigenvalue weighted by molar-refractivity contribution is -0.113. The van der Waals surface area contributed by atoms with E-state index in [0.717, 1.165) is 16.1 Å². The smallest absolute Gasteiger partial charge is 0.234 e. The van der Waals surface area contributed by atoms with E-state index in [1.54, 1.807) is 0 Å². The van der Waals surface area contributed by atoms with Gasteiger partial charge < -0.3 is 5.32 Å². The van der Waals surface area contributed by atoms with Crippen LogP contribution in [0.5, 0.6) is 0 Å². The first kappa shape index (κ1) is 14.3. The fourth-order valence-corrected chi connectivity index (χ4v) is 3.11. The van der Waals surface area contributed by atoms with Crippen molar-refractivity contribution in [1.82, 2.24) is 4.98 Å². The van der Waals surface area contributed by atoms with E-state index in [1.807, 2.05) is 12.3 Å². The van der Waals surface area contributed by atoms with Gasteiger partial charge in [-0.15, -0.1) is 11.3 Å². The third kappa shape index (κ3) is 4.19. The Morgan fingerprint density at radius 2 is 2.37 bits per heavy atom. The SMILES string of the molecule is Cc1csc(SCC(=O)Nc2ccc(Cl)cc2F)n1. The molecule has 1 heterocycles. The Hall–Kier alpha value is -1.11. The fraction of sp³-hybridized carbons (Fsp3) is 0.167. The molecule has 0 aliphatic heterocycles. The second-order valence-corrected chi connectivity index (χ2v) is 6.23. The molecule has 0 radical (unpaired) electrons. The number of aromatic nitrogens is 1. The molecule has 0 spiro atoms. The molecule has 0 atom stereocenters. The van der Waals surface area contributed by atoms with Crippen molar-refractivity contribution in [3.8, 4) is 0 Å². The largest absolute Gasteiger partial charge is 0.323 e. The van der Waals surface area contributed by atoms with E-state index in [-0.39, 0.29) is 17.3 Å². The van der Waals surface area contributed by atoms with Crippen molar-refractivity contribution in [2.75, 3.05) is 11.1 Å². The summed E-state index contributed by atoms with van der Waals surface area (Å²) in [7, 11) is 0. The summed E-state index contributed by atoms with van der Waals surface area (Å²) in [6, 6.07) is 4.12. The van der Waals surface area contributed by atoms with E-state index in [4.69, 9.17) is 11.6 Å². The van der Waals surface area contributed by atoms with Gasteiger partial charge in [0, 0.05) is 16.1 Å². The number of nitrogens with zero attached hydrogens (tertiary/aromatic N) is 1. The van der Waals surface area contributed by atoms with Crippen molar-refractivity contribution in [1.29, 1.82) is 0 Å². The van der Waals surface area contributed by atoms with Crippen molar-refractivity contribution >= 4 is 46.3 Å². The van der Waals surface area contributed by atoms with Gasteiger partial charge in [-0.1, -0.05) is 23.4 Å². The van der Waals surface area contributed by atoms with Crippen LogP contribution in [0, 0.1) is 12.7 Å². The van der Waals surface area contributed by atoms with Crippen molar-refractivity contribution in [2.45, 2.75) is 11.3 Å². The van der Waals surface area contributed by atoms with Crippen LogP contribution >= 0.6 is 34.7 Å². The van der Waals surface area contributed by atoms with Gasteiger partial charge in [-0.05, 0) is 25.1 Å². The van der Waals surface area contributed by atoms with Crippen molar-refractivity contribution < 1.29 is 9.18 Å². The number of amides is 1. The van der Waals surface area contributed by atoms with E-state index < -0.39 is 5.82 Å². The van der Waals surface area contributed by atoms with Gasteiger partial charge in [-0.3, -0.25) is 4.79 Å². The number of hydrogen-bond acceptors (Lipinski definition) is 4. The van der Waals surface area contributed by atoms with Crippen molar-refractivity contribution in [2.24, 2.45) is 0 Å². The molecule has 1 amide bonds. The van der Waals surface area contributed by atoms with Crippen LogP contribution in [0.25, 0.3) is 0 Å². The summed E-state index contributed by atoms with van der Waals surface area (Å²) >= 11 is 8.44. The maximum Gasteiger partial charge on any atom is 0.234 e. The number of thiazole rings is 1. The highest BCUT2D eigenvalue weighted by molar-refractivity contribution is 8.01. The zero-order valence-corrected chi connectivity index (χ0v) is 12.3. The highest BCUT2D eigenvalue weighted by atomic mass is 35.5. The molecule has 1 aromatic heterocycles. The Balaban J connectivity index is 1.90. The molecule has 19 heavy (non-hydrogen) atoms. The van der Waals surface area contributed by atoms with Crippen LogP contribution in [0.15, 0.2) is 27.9 Å². The molecule has 100 valence electrons. The zero-order chi connectivity index (χ0) is 13.8. The lowest BCUT2D eigenvalue weighted by atomic mass is 10.3. The van der Waals surface area contributed by atoms with E-state index in [2.05, 4.69) is 10.3 Å². The highest BCUT2D eigenvalue weighted by Gasteiger charge is 2.09. The number of aryl methyl sites for hydroxylation is 1. The second-order valence-electron chi connectivity index (χ2n) is 3.72. The topological polar surface area (TPSA) is 42.0 Å². The maximum atomic E-state index is 13.5. The first-order valence-electron chi connectivity index (χ1n) is 5.34. The second kappa shape index (κ2) is 6.36. The minimum atomic E-state index is -0.545. The summed E-state index contributed by atoms with van der Waals surface area (Å²) in [6.45, 7) is 1.89. The van der Waals surface area contributed by atoms with Gasteiger partial charge in [0.2, 0.25) is 5.91 Å². The predicted octanol–water partition coefficient (Wildman–Crippen LogP) is 3.97. The van der Waals surface area contributed by atoms with Crippen LogP contribution in [-0.4, -0.2) is 16.6 Å². The summed E-state index contributed by atoms with van der Waals surface area (Å²) < 4.78 is 14.3. The molecule has 0 saturated heterocycles. The number of nitrogens with one attached hydrogen (secondary N) is 1. The van der Waals surface area contributed by atoms with E-state index in [1.165, 1.54) is 35.2 Å². The number of benzene rings is 1. The molecule has 0 unspecified atom stereocenters. The molecule has 0 fully saturated rings. The molecule has 2 aromatic rings. The number of halogens is 2. The molecule has 2 rings (SSSR count).